The minimum absolute atomic E-state index is 0.215. The largest absolute Gasteiger partial charge is 0.482 e. The van der Waals surface area contributed by atoms with Crippen molar-refractivity contribution in [3.05, 3.63) is 41.0 Å². The molecule has 0 spiro atoms. The third-order valence-corrected chi connectivity index (χ3v) is 4.64. The molecule has 0 unspecified atom stereocenters. The van der Waals surface area contributed by atoms with E-state index in [1.165, 1.54) is 18.4 Å². The van der Waals surface area contributed by atoms with E-state index in [1.54, 1.807) is 6.92 Å². The summed E-state index contributed by atoms with van der Waals surface area (Å²) in [5.41, 5.74) is 3.66. The minimum Gasteiger partial charge on any atom is -0.482 e. The van der Waals surface area contributed by atoms with Crippen molar-refractivity contribution in [3.63, 3.8) is 0 Å². The van der Waals surface area contributed by atoms with Gasteiger partial charge in [0, 0.05) is 6.54 Å². The van der Waals surface area contributed by atoms with Crippen LogP contribution in [0, 0.1) is 13.8 Å². The maximum Gasteiger partial charge on any atom is 0.344 e. The molecule has 0 saturated heterocycles. The number of ether oxygens (including phenoxy) is 2. The Kier molecular flexibility index (Phi) is 7.70. The second-order valence-electron chi connectivity index (χ2n) is 6.82. The van der Waals surface area contributed by atoms with Crippen LogP contribution in [0.1, 0.15) is 50.2 Å². The Morgan fingerprint density at radius 3 is 2.69 bits per heavy atom. The highest BCUT2D eigenvalue weighted by molar-refractivity contribution is 5.83. The number of nitrogens with one attached hydrogen (secondary N) is 1. The van der Waals surface area contributed by atoms with Crippen LogP contribution in [0.5, 0.6) is 5.75 Å². The number of aryl methyl sites for hydroxylation is 2. The lowest BCUT2D eigenvalue weighted by Gasteiger charge is -2.16. The van der Waals surface area contributed by atoms with Gasteiger partial charge in [-0.2, -0.15) is 0 Å². The molecule has 0 saturated carbocycles. The van der Waals surface area contributed by atoms with Crippen molar-refractivity contribution in [3.8, 4) is 5.75 Å². The molecule has 5 nitrogen and oxygen atoms in total. The molecule has 0 aliphatic heterocycles. The Labute approximate surface area is 155 Å². The standard InChI is InChI=1S/C21H29NO4/c1-15-9-10-19(13-16(15)2)25-14-20(23)26-17(3)21(24)22-12-11-18-7-5-4-6-8-18/h7,9-10,13,17H,4-6,8,11-12,14H2,1-3H3,(H,22,24)/t17-/m0/s1. The minimum atomic E-state index is -0.828. The van der Waals surface area contributed by atoms with Crippen molar-refractivity contribution in [2.24, 2.45) is 0 Å². The van der Waals surface area contributed by atoms with E-state index in [0.717, 1.165) is 30.4 Å². The number of carbonyl (C=O) groups is 2. The highest BCUT2D eigenvalue weighted by Gasteiger charge is 2.18. The molecule has 142 valence electrons. The van der Waals surface area contributed by atoms with Crippen molar-refractivity contribution in [1.29, 1.82) is 0 Å². The van der Waals surface area contributed by atoms with Gasteiger partial charge < -0.3 is 14.8 Å². The molecule has 1 N–H and O–H groups in total. The van der Waals surface area contributed by atoms with Crippen LogP contribution in [0.3, 0.4) is 0 Å². The van der Waals surface area contributed by atoms with Crippen molar-refractivity contribution in [2.45, 2.75) is 59.0 Å². The van der Waals surface area contributed by atoms with Gasteiger partial charge in [0.2, 0.25) is 0 Å². The molecule has 1 atom stereocenters. The SMILES string of the molecule is Cc1ccc(OCC(=O)O[C@@H](C)C(=O)NCCC2=CCCCC2)cc1C. The summed E-state index contributed by atoms with van der Waals surface area (Å²) in [6.07, 6.45) is 7.05. The third-order valence-electron chi connectivity index (χ3n) is 4.64. The van der Waals surface area contributed by atoms with E-state index in [9.17, 15) is 9.59 Å². The summed E-state index contributed by atoms with van der Waals surface area (Å²) >= 11 is 0. The lowest BCUT2D eigenvalue weighted by atomic mass is 9.97. The summed E-state index contributed by atoms with van der Waals surface area (Å²) < 4.78 is 10.6. The van der Waals surface area contributed by atoms with Gasteiger partial charge in [-0.1, -0.05) is 17.7 Å². The zero-order valence-electron chi connectivity index (χ0n) is 16.0. The molecular formula is C21H29NO4. The molecule has 0 heterocycles. The van der Waals surface area contributed by atoms with Crippen LogP contribution in [0.15, 0.2) is 29.8 Å². The molecular weight excluding hydrogens is 330 g/mol. The maximum absolute atomic E-state index is 12.0. The van der Waals surface area contributed by atoms with E-state index in [-0.39, 0.29) is 12.5 Å². The van der Waals surface area contributed by atoms with Crippen LogP contribution in [-0.2, 0) is 14.3 Å². The number of rotatable bonds is 8. The number of hydrogen-bond donors (Lipinski definition) is 1. The summed E-state index contributed by atoms with van der Waals surface area (Å²) in [6.45, 7) is 5.93. The quantitative estimate of drug-likeness (QED) is 0.569. The zero-order valence-corrected chi connectivity index (χ0v) is 16.0. The van der Waals surface area contributed by atoms with Crippen molar-refractivity contribution >= 4 is 11.9 Å². The van der Waals surface area contributed by atoms with Crippen LogP contribution in [0.2, 0.25) is 0 Å². The van der Waals surface area contributed by atoms with Gasteiger partial charge in [0.25, 0.3) is 5.91 Å². The fraction of sp³-hybridized carbons (Fsp3) is 0.524. The first-order chi connectivity index (χ1) is 12.5. The molecule has 0 aromatic heterocycles. The second kappa shape index (κ2) is 10.00. The maximum atomic E-state index is 12.0. The highest BCUT2D eigenvalue weighted by atomic mass is 16.6. The molecule has 5 heteroatoms. The van der Waals surface area contributed by atoms with E-state index in [4.69, 9.17) is 9.47 Å². The van der Waals surface area contributed by atoms with Crippen molar-refractivity contribution in [1.82, 2.24) is 5.32 Å². The highest BCUT2D eigenvalue weighted by Crippen LogP contribution is 2.19. The van der Waals surface area contributed by atoms with E-state index in [2.05, 4.69) is 11.4 Å². The van der Waals surface area contributed by atoms with Gasteiger partial charge in [0.05, 0.1) is 0 Å². The van der Waals surface area contributed by atoms with Gasteiger partial charge in [0.1, 0.15) is 5.75 Å². The monoisotopic (exact) mass is 359 g/mol. The average Bonchev–Trinajstić information content (AvgIpc) is 2.63. The Balaban J connectivity index is 1.67. The van der Waals surface area contributed by atoms with Gasteiger partial charge >= 0.3 is 5.97 Å². The number of carbonyl (C=O) groups excluding carboxylic acids is 2. The lowest BCUT2D eigenvalue weighted by Crippen LogP contribution is -2.37. The molecule has 1 aromatic carbocycles. The Morgan fingerprint density at radius 1 is 1.19 bits per heavy atom. The Morgan fingerprint density at radius 2 is 2.00 bits per heavy atom. The average molecular weight is 359 g/mol. The molecule has 0 fully saturated rings. The van der Waals surface area contributed by atoms with Gasteiger partial charge in [-0.05, 0) is 76.1 Å². The van der Waals surface area contributed by atoms with Gasteiger partial charge in [0.15, 0.2) is 12.7 Å². The van der Waals surface area contributed by atoms with Crippen LogP contribution in [0.25, 0.3) is 0 Å². The first kappa shape index (κ1) is 20.0. The van der Waals surface area contributed by atoms with Gasteiger partial charge in [-0.15, -0.1) is 0 Å². The van der Waals surface area contributed by atoms with Gasteiger partial charge in [-0.25, -0.2) is 4.79 Å². The van der Waals surface area contributed by atoms with E-state index >= 15 is 0 Å². The van der Waals surface area contributed by atoms with Gasteiger partial charge in [-0.3, -0.25) is 4.79 Å². The fourth-order valence-corrected chi connectivity index (χ4v) is 2.85. The molecule has 0 radical (unpaired) electrons. The summed E-state index contributed by atoms with van der Waals surface area (Å²) in [7, 11) is 0. The summed E-state index contributed by atoms with van der Waals surface area (Å²) in [5, 5.41) is 2.82. The summed E-state index contributed by atoms with van der Waals surface area (Å²) in [4.78, 5) is 23.9. The van der Waals surface area contributed by atoms with E-state index in [0.29, 0.717) is 12.3 Å². The normalized spacial score (nSPS) is 15.0. The first-order valence-corrected chi connectivity index (χ1v) is 9.31. The van der Waals surface area contributed by atoms with Crippen LogP contribution >= 0.6 is 0 Å². The number of benzene rings is 1. The van der Waals surface area contributed by atoms with Crippen molar-refractivity contribution in [2.75, 3.05) is 13.2 Å². The first-order valence-electron chi connectivity index (χ1n) is 9.31. The van der Waals surface area contributed by atoms with Crippen LogP contribution < -0.4 is 10.1 Å². The Bertz CT molecular complexity index is 666. The predicted octanol–water partition coefficient (Wildman–Crippen LogP) is 3.62. The number of allylic oxidation sites excluding steroid dienone is 1. The van der Waals surface area contributed by atoms with Crippen LogP contribution in [0.4, 0.5) is 0 Å². The van der Waals surface area contributed by atoms with Crippen molar-refractivity contribution < 1.29 is 19.1 Å². The number of esters is 1. The topological polar surface area (TPSA) is 64.6 Å². The van der Waals surface area contributed by atoms with E-state index in [1.807, 2.05) is 32.0 Å². The molecule has 1 amide bonds. The second-order valence-corrected chi connectivity index (χ2v) is 6.82. The van der Waals surface area contributed by atoms with E-state index < -0.39 is 12.1 Å². The molecule has 0 bridgehead atoms. The fourth-order valence-electron chi connectivity index (χ4n) is 2.85. The molecule has 2 rings (SSSR count). The molecule has 1 aromatic rings. The number of hydrogen-bond acceptors (Lipinski definition) is 4. The molecule has 1 aliphatic carbocycles. The summed E-state index contributed by atoms with van der Waals surface area (Å²) in [6, 6.07) is 5.62. The van der Waals surface area contributed by atoms with Crippen LogP contribution in [-0.4, -0.2) is 31.1 Å². The zero-order chi connectivity index (χ0) is 18.9. The molecule has 26 heavy (non-hydrogen) atoms. The lowest BCUT2D eigenvalue weighted by molar-refractivity contribution is -0.156. The smallest absolute Gasteiger partial charge is 0.344 e. The summed E-state index contributed by atoms with van der Waals surface area (Å²) in [5.74, 6) is -0.218. The Hall–Kier alpha value is -2.30. The number of amides is 1. The predicted molar refractivity (Wildman–Crippen MR) is 101 cm³/mol. The third kappa shape index (κ3) is 6.54. The molecule has 1 aliphatic rings.